The van der Waals surface area contributed by atoms with E-state index >= 15 is 0 Å². The summed E-state index contributed by atoms with van der Waals surface area (Å²) in [6, 6.07) is 6.29. The highest BCUT2D eigenvalue weighted by Crippen LogP contribution is 2.32. The zero-order valence-electron chi connectivity index (χ0n) is 7.66. The van der Waals surface area contributed by atoms with Crippen molar-refractivity contribution in [1.29, 1.82) is 0 Å². The number of fused-ring (bicyclic) bond motifs is 1. The van der Waals surface area contributed by atoms with Gasteiger partial charge in [0.2, 0.25) is 0 Å². The number of ether oxygens (including phenoxy) is 1. The van der Waals surface area contributed by atoms with Crippen LogP contribution in [0.25, 0.3) is 9.40 Å². The molecule has 68 valence electrons. The van der Waals surface area contributed by atoms with Gasteiger partial charge in [-0.3, -0.25) is 0 Å². The molecular formula is C10H11OS2+. The summed E-state index contributed by atoms with van der Waals surface area (Å²) in [5, 5.41) is 0. The van der Waals surface area contributed by atoms with Crippen LogP contribution in [-0.2, 0) is 0 Å². The maximum absolute atomic E-state index is 5.43. The van der Waals surface area contributed by atoms with Crippen molar-refractivity contribution in [3.63, 3.8) is 0 Å². The molecule has 0 aliphatic rings. The molecule has 0 aliphatic heterocycles. The van der Waals surface area contributed by atoms with Crippen LogP contribution in [0.1, 0.15) is 11.1 Å². The molecule has 0 spiro atoms. The van der Waals surface area contributed by atoms with E-state index in [0.717, 1.165) is 12.4 Å². The second kappa shape index (κ2) is 3.60. The molecule has 0 N–H and O–H groups in total. The number of hydrogen-bond donors (Lipinski definition) is 0. The Bertz CT molecular complexity index is 420. The van der Waals surface area contributed by atoms with Gasteiger partial charge in [0, 0.05) is 13.0 Å². The molecule has 0 unspecified atom stereocenters. The third-order valence-electron chi connectivity index (χ3n) is 1.73. The Labute approximate surface area is 85.6 Å². The van der Waals surface area contributed by atoms with Gasteiger partial charge in [-0.15, -0.1) is 0 Å². The summed E-state index contributed by atoms with van der Waals surface area (Å²) in [7, 11) is 0. The molecule has 0 fully saturated rings. The second-order valence-electron chi connectivity index (χ2n) is 2.74. The first-order chi connectivity index (χ1) is 6.29. The maximum atomic E-state index is 5.43. The first-order valence-corrected chi connectivity index (χ1v) is 5.89. The van der Waals surface area contributed by atoms with Crippen LogP contribution in [0.5, 0.6) is 5.75 Å². The Morgan fingerprint density at radius 3 is 3.08 bits per heavy atom. The first kappa shape index (κ1) is 8.91. The van der Waals surface area contributed by atoms with E-state index in [1.54, 1.807) is 0 Å². The third-order valence-corrected chi connectivity index (χ3v) is 4.07. The number of benzene rings is 1. The normalized spacial score (nSPS) is 10.6. The summed E-state index contributed by atoms with van der Waals surface area (Å²) in [6.07, 6.45) is 0. The van der Waals surface area contributed by atoms with Crippen molar-refractivity contribution in [3.05, 3.63) is 22.4 Å². The molecule has 0 saturated carbocycles. The largest absolute Gasteiger partial charge is 0.494 e. The smallest absolute Gasteiger partial charge is 0.252 e. The molecule has 1 aromatic heterocycles. The van der Waals surface area contributed by atoms with E-state index in [9.17, 15) is 0 Å². The fourth-order valence-electron chi connectivity index (χ4n) is 1.24. The number of hydrogen-bond acceptors (Lipinski definition) is 2. The average Bonchev–Trinajstić information content (AvgIpc) is 2.44. The van der Waals surface area contributed by atoms with Gasteiger partial charge in [0.25, 0.3) is 4.19 Å². The summed E-state index contributed by atoms with van der Waals surface area (Å²) < 4.78 is 9.51. The Kier molecular flexibility index (Phi) is 2.47. The Morgan fingerprint density at radius 1 is 1.46 bits per heavy atom. The van der Waals surface area contributed by atoms with E-state index in [0.29, 0.717) is 0 Å². The summed E-state index contributed by atoms with van der Waals surface area (Å²) >= 11 is 3.67. The highest BCUT2D eigenvalue weighted by atomic mass is 32.2. The van der Waals surface area contributed by atoms with Gasteiger partial charge in [0.1, 0.15) is 5.75 Å². The van der Waals surface area contributed by atoms with Crippen molar-refractivity contribution in [2.45, 2.75) is 13.8 Å². The zero-order chi connectivity index (χ0) is 9.26. The monoisotopic (exact) mass is 211 g/mol. The fraction of sp³-hybridized carbons (Fsp3) is 0.300. The molecule has 3 heteroatoms. The molecule has 1 heterocycles. The fourth-order valence-corrected chi connectivity index (χ4v) is 3.45. The Hall–Kier alpha value is -0.670. The molecule has 0 radical (unpaired) electrons. The summed E-state index contributed by atoms with van der Waals surface area (Å²) in [6.45, 7) is 4.89. The van der Waals surface area contributed by atoms with Gasteiger partial charge < -0.3 is 4.74 Å². The molecule has 1 aromatic carbocycles. The lowest BCUT2D eigenvalue weighted by molar-refractivity contribution is 0.341. The van der Waals surface area contributed by atoms with Crippen molar-refractivity contribution >= 4 is 32.1 Å². The molecule has 0 saturated heterocycles. The summed E-state index contributed by atoms with van der Waals surface area (Å²) in [4.78, 5) is 0. The third kappa shape index (κ3) is 1.81. The average molecular weight is 211 g/mol. The lowest BCUT2D eigenvalue weighted by Gasteiger charge is -1.99. The molecule has 0 atom stereocenters. The van der Waals surface area contributed by atoms with Crippen molar-refractivity contribution < 1.29 is 4.74 Å². The topological polar surface area (TPSA) is 9.23 Å². The van der Waals surface area contributed by atoms with Crippen molar-refractivity contribution in [3.8, 4) is 5.75 Å². The van der Waals surface area contributed by atoms with E-state index in [2.05, 4.69) is 19.1 Å². The van der Waals surface area contributed by atoms with Crippen molar-refractivity contribution in [1.82, 2.24) is 0 Å². The van der Waals surface area contributed by atoms with Gasteiger partial charge in [-0.05, 0) is 19.1 Å². The van der Waals surface area contributed by atoms with Crippen LogP contribution in [0.3, 0.4) is 0 Å². The minimum atomic E-state index is 0.735. The van der Waals surface area contributed by atoms with Crippen LogP contribution in [0, 0.1) is 6.92 Å². The van der Waals surface area contributed by atoms with Gasteiger partial charge in [0.05, 0.1) is 29.3 Å². The minimum absolute atomic E-state index is 0.735. The van der Waals surface area contributed by atoms with Crippen LogP contribution < -0.4 is 4.74 Å². The maximum Gasteiger partial charge on any atom is 0.252 e. The van der Waals surface area contributed by atoms with Crippen LogP contribution in [0.2, 0.25) is 0 Å². The highest BCUT2D eigenvalue weighted by Gasteiger charge is 2.11. The standard InChI is InChI=1S/C10H11OS2/c1-3-11-8-4-5-9-10(6-8)13-7(2)12-9/h4-6H,3H2,1-2H3/q+1. The van der Waals surface area contributed by atoms with E-state index in [4.69, 9.17) is 4.74 Å². The van der Waals surface area contributed by atoms with Crippen LogP contribution >= 0.6 is 22.7 Å². The van der Waals surface area contributed by atoms with Gasteiger partial charge in [-0.1, -0.05) is 0 Å². The van der Waals surface area contributed by atoms with E-state index in [1.807, 2.05) is 35.7 Å². The van der Waals surface area contributed by atoms with Crippen LogP contribution in [-0.4, -0.2) is 6.61 Å². The molecule has 2 rings (SSSR count). The molecule has 1 nitrogen and oxygen atoms in total. The highest BCUT2D eigenvalue weighted by molar-refractivity contribution is 7.38. The van der Waals surface area contributed by atoms with E-state index < -0.39 is 0 Å². The Balaban J connectivity index is 2.48. The molecule has 0 amide bonds. The second-order valence-corrected chi connectivity index (χ2v) is 5.51. The zero-order valence-corrected chi connectivity index (χ0v) is 9.30. The number of rotatable bonds is 2. The Morgan fingerprint density at radius 2 is 2.31 bits per heavy atom. The van der Waals surface area contributed by atoms with Crippen molar-refractivity contribution in [2.24, 2.45) is 0 Å². The summed E-state index contributed by atoms with van der Waals surface area (Å²) in [5.41, 5.74) is 0. The SMILES string of the molecule is CCOc1ccc2[s+]c(C)sc2c1. The predicted octanol–water partition coefficient (Wildman–Crippen LogP) is 3.95. The van der Waals surface area contributed by atoms with Gasteiger partial charge in [0.15, 0.2) is 9.40 Å². The first-order valence-electron chi connectivity index (χ1n) is 4.25. The van der Waals surface area contributed by atoms with Gasteiger partial charge in [-0.25, -0.2) is 0 Å². The van der Waals surface area contributed by atoms with E-state index in [1.165, 1.54) is 13.6 Å². The quantitative estimate of drug-likeness (QED) is 0.683. The predicted molar refractivity (Wildman–Crippen MR) is 60.0 cm³/mol. The molecule has 13 heavy (non-hydrogen) atoms. The lowest BCUT2D eigenvalue weighted by atomic mass is 10.3. The van der Waals surface area contributed by atoms with Gasteiger partial charge >= 0.3 is 0 Å². The number of aryl methyl sites for hydroxylation is 1. The van der Waals surface area contributed by atoms with E-state index in [-0.39, 0.29) is 0 Å². The van der Waals surface area contributed by atoms with Crippen LogP contribution in [0.15, 0.2) is 18.2 Å². The molecule has 2 aromatic rings. The van der Waals surface area contributed by atoms with Crippen molar-refractivity contribution in [2.75, 3.05) is 6.61 Å². The van der Waals surface area contributed by atoms with Crippen LogP contribution in [0.4, 0.5) is 0 Å². The minimum Gasteiger partial charge on any atom is -0.494 e. The summed E-state index contributed by atoms with van der Waals surface area (Å²) in [5.74, 6) is 0.976. The lowest BCUT2D eigenvalue weighted by Crippen LogP contribution is -1.89. The van der Waals surface area contributed by atoms with Gasteiger partial charge in [-0.2, -0.15) is 0 Å². The molecule has 0 aliphatic carbocycles. The molecule has 0 bridgehead atoms. The molecular weight excluding hydrogens is 200 g/mol.